The molecule has 0 saturated carbocycles. The number of esters is 1. The van der Waals surface area contributed by atoms with Crippen LogP contribution in [-0.2, 0) is 4.74 Å². The third kappa shape index (κ3) is 2.32. The van der Waals surface area contributed by atoms with Crippen molar-refractivity contribution in [1.82, 2.24) is 0 Å². The van der Waals surface area contributed by atoms with Crippen molar-refractivity contribution in [3.8, 4) is 0 Å². The molecule has 1 aromatic rings. The summed E-state index contributed by atoms with van der Waals surface area (Å²) in [7, 11) is 1.38. The number of rotatable bonds is 1. The zero-order valence-corrected chi connectivity index (χ0v) is 10.6. The lowest BCUT2D eigenvalue weighted by Crippen LogP contribution is -2.01. The molecule has 0 amide bonds. The minimum absolute atomic E-state index is 0.288. The third-order valence-electron chi connectivity index (χ3n) is 1.34. The van der Waals surface area contributed by atoms with Gasteiger partial charge in [-0.1, -0.05) is 0 Å². The fourth-order valence-corrected chi connectivity index (χ4v) is 1.59. The molecule has 0 radical (unpaired) electrons. The Morgan fingerprint density at radius 1 is 1.33 bits per heavy atom. The number of hydrogen-bond acceptors (Lipinski definition) is 2. The Morgan fingerprint density at radius 2 is 2.00 bits per heavy atom. The molecule has 0 aliphatic carbocycles. The monoisotopic (exact) mass is 388 g/mol. The van der Waals surface area contributed by atoms with Crippen molar-refractivity contribution in [2.24, 2.45) is 0 Å². The number of hydrogen-bond donors (Lipinski definition) is 0. The molecule has 64 valence electrons. The maximum Gasteiger partial charge on any atom is 0.337 e. The van der Waals surface area contributed by atoms with Crippen molar-refractivity contribution in [3.63, 3.8) is 0 Å². The van der Waals surface area contributed by atoms with Crippen molar-refractivity contribution >= 4 is 51.2 Å². The van der Waals surface area contributed by atoms with Crippen LogP contribution in [0.5, 0.6) is 0 Å². The Morgan fingerprint density at radius 3 is 2.50 bits per heavy atom. The highest BCUT2D eigenvalue weighted by atomic mass is 127. The second-order valence-corrected chi connectivity index (χ2v) is 4.44. The van der Waals surface area contributed by atoms with E-state index in [0.29, 0.717) is 5.56 Å². The van der Waals surface area contributed by atoms with Gasteiger partial charge in [0.2, 0.25) is 0 Å². The van der Waals surface area contributed by atoms with E-state index in [1.807, 2.05) is 12.1 Å². The second-order valence-electron chi connectivity index (χ2n) is 2.12. The van der Waals surface area contributed by atoms with E-state index in [1.165, 1.54) is 7.11 Å². The first-order valence-corrected chi connectivity index (χ1v) is 5.34. The molecule has 12 heavy (non-hydrogen) atoms. The predicted octanol–water partition coefficient (Wildman–Crippen LogP) is 2.68. The summed E-state index contributed by atoms with van der Waals surface area (Å²) in [6.45, 7) is 0. The maximum atomic E-state index is 11.0. The van der Waals surface area contributed by atoms with Crippen LogP contribution in [0.4, 0.5) is 0 Å². The number of ether oxygens (including phenoxy) is 1. The van der Waals surface area contributed by atoms with Crippen LogP contribution in [-0.4, -0.2) is 13.1 Å². The van der Waals surface area contributed by atoms with E-state index in [9.17, 15) is 4.79 Å². The molecular weight excluding hydrogens is 382 g/mol. The zero-order valence-electron chi connectivity index (χ0n) is 6.30. The van der Waals surface area contributed by atoms with E-state index in [4.69, 9.17) is 0 Å². The van der Waals surface area contributed by atoms with Crippen LogP contribution in [0.2, 0.25) is 0 Å². The number of halogens is 2. The lowest BCUT2D eigenvalue weighted by atomic mass is 10.2. The van der Waals surface area contributed by atoms with Crippen molar-refractivity contribution in [1.29, 1.82) is 0 Å². The molecule has 0 bridgehead atoms. The Labute approximate surface area is 98.0 Å². The van der Waals surface area contributed by atoms with Gasteiger partial charge >= 0.3 is 5.97 Å². The molecule has 0 atom stereocenters. The van der Waals surface area contributed by atoms with Gasteiger partial charge in [0, 0.05) is 7.14 Å². The first-order chi connectivity index (χ1) is 5.65. The van der Waals surface area contributed by atoms with Gasteiger partial charge in [-0.3, -0.25) is 0 Å². The standard InChI is InChI=1S/C8H6I2O2/c1-12-8(11)5-2-3-6(9)7(10)4-5/h2-4H,1H3. The molecule has 0 spiro atoms. The topological polar surface area (TPSA) is 26.3 Å². The molecule has 0 aliphatic heterocycles. The Bertz CT molecular complexity index is 310. The summed E-state index contributed by atoms with van der Waals surface area (Å²) in [5, 5.41) is 0. The number of methoxy groups -OCH3 is 1. The Balaban J connectivity index is 3.05. The van der Waals surface area contributed by atoms with Crippen LogP contribution in [0, 0.1) is 7.14 Å². The fraction of sp³-hybridized carbons (Fsp3) is 0.125. The number of benzene rings is 1. The average molecular weight is 388 g/mol. The molecule has 2 nitrogen and oxygen atoms in total. The van der Waals surface area contributed by atoms with Gasteiger partial charge < -0.3 is 4.74 Å². The highest BCUT2D eigenvalue weighted by molar-refractivity contribution is 14.1. The van der Waals surface area contributed by atoms with Gasteiger partial charge in [-0.15, -0.1) is 0 Å². The van der Waals surface area contributed by atoms with Crippen LogP contribution in [0.25, 0.3) is 0 Å². The maximum absolute atomic E-state index is 11.0. The number of carbonyl (C=O) groups is 1. The van der Waals surface area contributed by atoms with Crippen molar-refractivity contribution in [2.75, 3.05) is 7.11 Å². The van der Waals surface area contributed by atoms with E-state index in [1.54, 1.807) is 6.07 Å². The highest BCUT2D eigenvalue weighted by Gasteiger charge is 2.06. The SMILES string of the molecule is COC(=O)c1ccc(I)c(I)c1. The highest BCUT2D eigenvalue weighted by Crippen LogP contribution is 2.16. The largest absolute Gasteiger partial charge is 0.465 e. The quantitative estimate of drug-likeness (QED) is 0.547. The Kier molecular flexibility index (Phi) is 3.76. The zero-order chi connectivity index (χ0) is 9.14. The van der Waals surface area contributed by atoms with Gasteiger partial charge in [0.05, 0.1) is 12.7 Å². The van der Waals surface area contributed by atoms with Gasteiger partial charge in [0.25, 0.3) is 0 Å². The summed E-state index contributed by atoms with van der Waals surface area (Å²) in [4.78, 5) is 11.0. The van der Waals surface area contributed by atoms with Gasteiger partial charge in [0.15, 0.2) is 0 Å². The summed E-state index contributed by atoms with van der Waals surface area (Å²) < 4.78 is 6.79. The van der Waals surface area contributed by atoms with Crippen LogP contribution in [0.15, 0.2) is 18.2 Å². The second kappa shape index (κ2) is 4.40. The molecule has 0 unspecified atom stereocenters. The lowest BCUT2D eigenvalue weighted by Gasteiger charge is -2.00. The molecule has 0 aromatic heterocycles. The van der Waals surface area contributed by atoms with Gasteiger partial charge in [0.1, 0.15) is 0 Å². The summed E-state index contributed by atoms with van der Waals surface area (Å²) in [6.07, 6.45) is 0. The third-order valence-corrected chi connectivity index (χ3v) is 4.21. The van der Waals surface area contributed by atoms with Crippen LogP contribution in [0.1, 0.15) is 10.4 Å². The molecule has 0 N–H and O–H groups in total. The van der Waals surface area contributed by atoms with E-state index in [0.717, 1.165) is 7.14 Å². The summed E-state index contributed by atoms with van der Waals surface area (Å²) in [6, 6.07) is 5.47. The lowest BCUT2D eigenvalue weighted by molar-refractivity contribution is 0.0600. The first-order valence-electron chi connectivity index (χ1n) is 3.18. The van der Waals surface area contributed by atoms with Crippen LogP contribution >= 0.6 is 45.2 Å². The molecule has 0 aliphatic rings. The smallest absolute Gasteiger partial charge is 0.337 e. The molecule has 1 rings (SSSR count). The number of carbonyl (C=O) groups excluding carboxylic acids is 1. The first kappa shape index (κ1) is 10.2. The van der Waals surface area contributed by atoms with Gasteiger partial charge in [-0.05, 0) is 63.4 Å². The predicted molar refractivity (Wildman–Crippen MR) is 63.2 cm³/mol. The van der Waals surface area contributed by atoms with Crippen molar-refractivity contribution in [3.05, 3.63) is 30.9 Å². The minimum Gasteiger partial charge on any atom is -0.465 e. The van der Waals surface area contributed by atoms with Gasteiger partial charge in [-0.2, -0.15) is 0 Å². The minimum atomic E-state index is -0.288. The average Bonchev–Trinajstić information content (AvgIpc) is 2.08. The molecule has 1 aromatic carbocycles. The summed E-state index contributed by atoms with van der Waals surface area (Å²) in [5.41, 5.74) is 0.599. The van der Waals surface area contributed by atoms with Crippen LogP contribution in [0.3, 0.4) is 0 Å². The summed E-state index contributed by atoms with van der Waals surface area (Å²) in [5.74, 6) is -0.288. The summed E-state index contributed by atoms with van der Waals surface area (Å²) >= 11 is 4.40. The molecule has 4 heteroatoms. The van der Waals surface area contributed by atoms with E-state index in [-0.39, 0.29) is 5.97 Å². The fourth-order valence-electron chi connectivity index (χ4n) is 0.741. The normalized spacial score (nSPS) is 9.58. The molecular formula is C8H6I2O2. The molecule has 0 saturated heterocycles. The Hall–Kier alpha value is 0.150. The van der Waals surface area contributed by atoms with E-state index < -0.39 is 0 Å². The molecule has 0 fully saturated rings. The molecule has 0 heterocycles. The van der Waals surface area contributed by atoms with Crippen LogP contribution < -0.4 is 0 Å². The van der Waals surface area contributed by atoms with Crippen molar-refractivity contribution < 1.29 is 9.53 Å². The van der Waals surface area contributed by atoms with E-state index in [2.05, 4.69) is 49.9 Å². The van der Waals surface area contributed by atoms with E-state index >= 15 is 0 Å². The van der Waals surface area contributed by atoms with Gasteiger partial charge in [-0.25, -0.2) is 4.79 Å². The van der Waals surface area contributed by atoms with Crippen molar-refractivity contribution in [2.45, 2.75) is 0 Å².